The highest BCUT2D eigenvalue weighted by molar-refractivity contribution is 9.10. The molecule has 0 saturated heterocycles. The van der Waals surface area contributed by atoms with Gasteiger partial charge in [-0.1, -0.05) is 41.4 Å². The molecule has 2 rings (SSSR count). The monoisotopic (exact) mass is 369 g/mol. The van der Waals surface area contributed by atoms with E-state index in [1.54, 1.807) is 18.2 Å². The summed E-state index contributed by atoms with van der Waals surface area (Å²) in [7, 11) is 0. The van der Waals surface area contributed by atoms with E-state index in [1.165, 1.54) is 6.20 Å². The van der Waals surface area contributed by atoms with Gasteiger partial charge in [0, 0.05) is 10.4 Å². The van der Waals surface area contributed by atoms with Crippen LogP contribution in [0.4, 0.5) is 11.4 Å². The Morgan fingerprint density at radius 3 is 2.67 bits per heavy atom. The third-order valence-electron chi connectivity index (χ3n) is 2.73. The van der Waals surface area contributed by atoms with Crippen LogP contribution in [0.25, 0.3) is 0 Å². The van der Waals surface area contributed by atoms with Crippen LogP contribution in [-0.4, -0.2) is 21.0 Å². The number of aromatic carboxylic acids is 1. The molecule has 7 heteroatoms. The normalized spacial score (nSPS) is 10.7. The van der Waals surface area contributed by atoms with E-state index in [0.29, 0.717) is 22.2 Å². The Kier molecular flexibility index (Phi) is 4.80. The molecule has 21 heavy (non-hydrogen) atoms. The second-order valence-corrected chi connectivity index (χ2v) is 6.02. The number of rotatable bonds is 4. The second-order valence-electron chi connectivity index (χ2n) is 4.70. The Labute approximate surface area is 135 Å². The fourth-order valence-electron chi connectivity index (χ4n) is 1.66. The van der Waals surface area contributed by atoms with Gasteiger partial charge in [-0.2, -0.15) is 0 Å². The highest BCUT2D eigenvalue weighted by Gasteiger charge is 2.16. The summed E-state index contributed by atoms with van der Waals surface area (Å²) in [5.41, 5.74) is 0.812. The third kappa shape index (κ3) is 3.71. The summed E-state index contributed by atoms with van der Waals surface area (Å²) in [4.78, 5) is 19.6. The number of hydrogen-bond donors (Lipinski definition) is 2. The van der Waals surface area contributed by atoms with Gasteiger partial charge in [0.1, 0.15) is 5.82 Å². The summed E-state index contributed by atoms with van der Waals surface area (Å²) in [6.07, 6.45) is 1.46. The standard InChI is InChI=1S/C14H13BrClN3O2/c1-7(2)13-17-6-11(12(19-13)14(20)21)18-10-4-3-8(15)5-9(10)16/h3-7,18H,1-2H3,(H,20,21). The molecule has 0 aliphatic carbocycles. The number of carbonyl (C=O) groups is 1. The molecule has 0 atom stereocenters. The molecule has 1 aromatic heterocycles. The van der Waals surface area contributed by atoms with E-state index in [1.807, 2.05) is 13.8 Å². The van der Waals surface area contributed by atoms with Crippen LogP contribution >= 0.6 is 27.5 Å². The average molecular weight is 371 g/mol. The molecule has 0 spiro atoms. The van der Waals surface area contributed by atoms with Crippen molar-refractivity contribution in [1.29, 1.82) is 0 Å². The number of benzene rings is 1. The average Bonchev–Trinajstić information content (AvgIpc) is 2.41. The van der Waals surface area contributed by atoms with Gasteiger partial charge in [-0.05, 0) is 18.2 Å². The lowest BCUT2D eigenvalue weighted by molar-refractivity contribution is 0.0691. The van der Waals surface area contributed by atoms with Crippen molar-refractivity contribution in [2.45, 2.75) is 19.8 Å². The van der Waals surface area contributed by atoms with E-state index < -0.39 is 5.97 Å². The molecule has 2 aromatic rings. The minimum atomic E-state index is -1.12. The second kappa shape index (κ2) is 6.41. The first kappa shape index (κ1) is 15.7. The van der Waals surface area contributed by atoms with Gasteiger partial charge in [-0.3, -0.25) is 0 Å². The molecular weight excluding hydrogens is 358 g/mol. The first-order chi connectivity index (χ1) is 9.88. The molecule has 110 valence electrons. The summed E-state index contributed by atoms with van der Waals surface area (Å²) in [5.74, 6) is -0.580. The predicted molar refractivity (Wildman–Crippen MR) is 85.5 cm³/mol. The minimum Gasteiger partial charge on any atom is -0.476 e. The quantitative estimate of drug-likeness (QED) is 0.831. The Morgan fingerprint density at radius 1 is 1.38 bits per heavy atom. The Morgan fingerprint density at radius 2 is 2.10 bits per heavy atom. The van der Waals surface area contributed by atoms with Crippen molar-refractivity contribution in [3.05, 3.63) is 45.4 Å². The molecule has 2 N–H and O–H groups in total. The van der Waals surface area contributed by atoms with Crippen LogP contribution in [0.1, 0.15) is 36.1 Å². The number of anilines is 2. The summed E-state index contributed by atoms with van der Waals surface area (Å²) in [5, 5.41) is 12.7. The number of halogens is 2. The molecule has 0 aliphatic heterocycles. The predicted octanol–water partition coefficient (Wildman–Crippen LogP) is 4.46. The van der Waals surface area contributed by atoms with Crippen molar-refractivity contribution >= 4 is 44.9 Å². The maximum absolute atomic E-state index is 11.4. The lowest BCUT2D eigenvalue weighted by Crippen LogP contribution is -2.10. The van der Waals surface area contributed by atoms with Gasteiger partial charge in [-0.25, -0.2) is 14.8 Å². The van der Waals surface area contributed by atoms with Crippen molar-refractivity contribution in [2.24, 2.45) is 0 Å². The van der Waals surface area contributed by atoms with Crippen LogP contribution in [0.2, 0.25) is 5.02 Å². The van der Waals surface area contributed by atoms with Crippen LogP contribution < -0.4 is 5.32 Å². The number of aromatic nitrogens is 2. The van der Waals surface area contributed by atoms with E-state index >= 15 is 0 Å². The van der Waals surface area contributed by atoms with Gasteiger partial charge in [0.15, 0.2) is 5.69 Å². The first-order valence-corrected chi connectivity index (χ1v) is 7.38. The van der Waals surface area contributed by atoms with Gasteiger partial charge in [-0.15, -0.1) is 0 Å². The summed E-state index contributed by atoms with van der Waals surface area (Å²) in [6.45, 7) is 3.80. The van der Waals surface area contributed by atoms with Gasteiger partial charge < -0.3 is 10.4 Å². The van der Waals surface area contributed by atoms with E-state index in [2.05, 4.69) is 31.2 Å². The zero-order valence-electron chi connectivity index (χ0n) is 11.4. The minimum absolute atomic E-state index is 0.0495. The lowest BCUT2D eigenvalue weighted by atomic mass is 10.2. The lowest BCUT2D eigenvalue weighted by Gasteiger charge is -2.12. The summed E-state index contributed by atoms with van der Waals surface area (Å²) < 4.78 is 0.836. The SMILES string of the molecule is CC(C)c1ncc(Nc2ccc(Br)cc2Cl)c(C(=O)O)n1. The molecule has 0 radical (unpaired) electrons. The molecule has 0 unspecified atom stereocenters. The molecule has 0 saturated carbocycles. The van der Waals surface area contributed by atoms with Crippen LogP contribution in [0.15, 0.2) is 28.9 Å². The van der Waals surface area contributed by atoms with Gasteiger partial charge >= 0.3 is 5.97 Å². The Hall–Kier alpha value is -1.66. The first-order valence-electron chi connectivity index (χ1n) is 6.20. The molecular formula is C14H13BrClN3O2. The van der Waals surface area contributed by atoms with E-state index in [9.17, 15) is 9.90 Å². The molecule has 1 aromatic carbocycles. The number of carboxylic acids is 1. The van der Waals surface area contributed by atoms with Crippen molar-refractivity contribution in [3.63, 3.8) is 0 Å². The largest absolute Gasteiger partial charge is 0.476 e. The van der Waals surface area contributed by atoms with E-state index in [-0.39, 0.29) is 11.6 Å². The highest BCUT2D eigenvalue weighted by Crippen LogP contribution is 2.29. The van der Waals surface area contributed by atoms with E-state index in [4.69, 9.17) is 11.6 Å². The van der Waals surface area contributed by atoms with Gasteiger partial charge in [0.2, 0.25) is 0 Å². The van der Waals surface area contributed by atoms with Crippen molar-refractivity contribution in [2.75, 3.05) is 5.32 Å². The number of nitrogens with one attached hydrogen (secondary N) is 1. The smallest absolute Gasteiger partial charge is 0.356 e. The highest BCUT2D eigenvalue weighted by atomic mass is 79.9. The fourth-order valence-corrected chi connectivity index (χ4v) is 2.38. The van der Waals surface area contributed by atoms with Crippen molar-refractivity contribution in [3.8, 4) is 0 Å². The van der Waals surface area contributed by atoms with Crippen LogP contribution in [-0.2, 0) is 0 Å². The molecule has 1 heterocycles. The topological polar surface area (TPSA) is 75.1 Å². The maximum atomic E-state index is 11.4. The van der Waals surface area contributed by atoms with Crippen molar-refractivity contribution < 1.29 is 9.90 Å². The summed E-state index contributed by atoms with van der Waals surface area (Å²) >= 11 is 9.43. The van der Waals surface area contributed by atoms with Gasteiger partial charge in [0.05, 0.1) is 22.6 Å². The molecule has 5 nitrogen and oxygen atoms in total. The Balaban J connectivity index is 2.41. The van der Waals surface area contributed by atoms with E-state index in [0.717, 1.165) is 4.47 Å². The van der Waals surface area contributed by atoms with Crippen LogP contribution in [0.5, 0.6) is 0 Å². The number of carboxylic acid groups (broad SMARTS) is 1. The molecule has 0 fully saturated rings. The molecule has 0 amide bonds. The maximum Gasteiger partial charge on any atom is 0.356 e. The molecule has 0 aliphatic rings. The molecule has 0 bridgehead atoms. The van der Waals surface area contributed by atoms with Crippen LogP contribution in [0, 0.1) is 0 Å². The fraction of sp³-hybridized carbons (Fsp3) is 0.214. The third-order valence-corrected chi connectivity index (χ3v) is 3.53. The zero-order valence-corrected chi connectivity index (χ0v) is 13.7. The van der Waals surface area contributed by atoms with Gasteiger partial charge in [0.25, 0.3) is 0 Å². The van der Waals surface area contributed by atoms with Crippen LogP contribution in [0.3, 0.4) is 0 Å². The zero-order chi connectivity index (χ0) is 15.6. The number of nitrogens with zero attached hydrogens (tertiary/aromatic N) is 2. The number of hydrogen-bond acceptors (Lipinski definition) is 4. The van der Waals surface area contributed by atoms with Crippen molar-refractivity contribution in [1.82, 2.24) is 9.97 Å². The Bertz CT molecular complexity index is 692. The summed E-state index contributed by atoms with van der Waals surface area (Å²) in [6, 6.07) is 5.26.